The van der Waals surface area contributed by atoms with Gasteiger partial charge in [-0.25, -0.2) is 13.2 Å². The fraction of sp³-hybridized carbons (Fsp3) is 0.316. The zero-order valence-electron chi connectivity index (χ0n) is 15.0. The minimum atomic E-state index is -3.88. The molecule has 1 aliphatic heterocycles. The van der Waals surface area contributed by atoms with E-state index in [1.165, 1.54) is 31.5 Å². The van der Waals surface area contributed by atoms with Gasteiger partial charge >= 0.3 is 5.97 Å². The maximum Gasteiger partial charge on any atom is 0.339 e. The van der Waals surface area contributed by atoms with Crippen LogP contribution < -0.4 is 9.62 Å². The van der Waals surface area contributed by atoms with Gasteiger partial charge in [-0.15, -0.1) is 0 Å². The molecule has 2 aromatic rings. The van der Waals surface area contributed by atoms with Crippen molar-refractivity contribution in [2.24, 2.45) is 0 Å². The second-order valence-electron chi connectivity index (χ2n) is 6.59. The van der Waals surface area contributed by atoms with Crippen LogP contribution in [0.3, 0.4) is 0 Å². The third-order valence-corrected chi connectivity index (χ3v) is 6.12. The normalized spacial score (nSPS) is 14.8. The summed E-state index contributed by atoms with van der Waals surface area (Å²) in [6, 6.07) is 9.25. The first-order valence-electron chi connectivity index (χ1n) is 8.73. The van der Waals surface area contributed by atoms with Crippen molar-refractivity contribution in [3.05, 3.63) is 47.5 Å². The number of piperidine rings is 1. The highest BCUT2D eigenvalue weighted by atomic mass is 32.2. The number of sulfonamides is 1. The minimum Gasteiger partial charge on any atom is -0.507 e. The van der Waals surface area contributed by atoms with Crippen molar-refractivity contribution < 1.29 is 23.4 Å². The number of hydrogen-bond acceptors (Lipinski definition) is 5. The van der Waals surface area contributed by atoms with Crippen LogP contribution in [-0.2, 0) is 10.0 Å². The van der Waals surface area contributed by atoms with E-state index >= 15 is 0 Å². The molecule has 0 unspecified atom stereocenters. The van der Waals surface area contributed by atoms with E-state index in [2.05, 4.69) is 9.62 Å². The summed E-state index contributed by atoms with van der Waals surface area (Å²) >= 11 is 0. The first-order valence-corrected chi connectivity index (χ1v) is 10.2. The maximum absolute atomic E-state index is 12.8. The first-order chi connectivity index (χ1) is 12.8. The standard InChI is InChI=1S/C19H22N2O5S/c1-13-17(9-8-16(18(13)22)19(23)24)20-27(25,26)15-7-5-6-14(12-15)21-10-3-2-4-11-21/h5-9,12,20,22H,2-4,10-11H2,1H3,(H,23,24). The molecule has 1 aliphatic rings. The summed E-state index contributed by atoms with van der Waals surface area (Å²) < 4.78 is 28.0. The molecule has 1 saturated heterocycles. The Hall–Kier alpha value is -2.74. The van der Waals surface area contributed by atoms with E-state index in [4.69, 9.17) is 5.11 Å². The molecule has 0 atom stereocenters. The Bertz CT molecular complexity index is 966. The van der Waals surface area contributed by atoms with Crippen LogP contribution in [0.2, 0.25) is 0 Å². The van der Waals surface area contributed by atoms with Gasteiger partial charge in [-0.3, -0.25) is 4.72 Å². The molecule has 1 heterocycles. The molecule has 0 bridgehead atoms. The highest BCUT2D eigenvalue weighted by Crippen LogP contribution is 2.31. The largest absolute Gasteiger partial charge is 0.507 e. The highest BCUT2D eigenvalue weighted by molar-refractivity contribution is 7.92. The fourth-order valence-electron chi connectivity index (χ4n) is 3.19. The van der Waals surface area contributed by atoms with Crippen molar-refractivity contribution in [3.8, 4) is 5.75 Å². The zero-order chi connectivity index (χ0) is 19.6. The van der Waals surface area contributed by atoms with Gasteiger partial charge in [0.15, 0.2) is 0 Å². The number of rotatable bonds is 5. The Balaban J connectivity index is 1.89. The molecule has 8 heteroatoms. The van der Waals surface area contributed by atoms with Crippen molar-refractivity contribution in [3.63, 3.8) is 0 Å². The Kier molecular flexibility index (Phi) is 5.27. The number of nitrogens with zero attached hydrogens (tertiary/aromatic N) is 1. The van der Waals surface area contributed by atoms with Crippen molar-refractivity contribution in [2.75, 3.05) is 22.7 Å². The second-order valence-corrected chi connectivity index (χ2v) is 8.27. The van der Waals surface area contributed by atoms with Gasteiger partial charge < -0.3 is 15.1 Å². The number of carboxylic acid groups (broad SMARTS) is 1. The van der Waals surface area contributed by atoms with Crippen LogP contribution in [0.4, 0.5) is 11.4 Å². The lowest BCUT2D eigenvalue weighted by atomic mass is 10.1. The molecule has 0 radical (unpaired) electrons. The summed E-state index contributed by atoms with van der Waals surface area (Å²) in [6.07, 6.45) is 3.36. The molecule has 7 nitrogen and oxygen atoms in total. The molecule has 0 spiro atoms. The third kappa shape index (κ3) is 4.00. The SMILES string of the molecule is Cc1c(NS(=O)(=O)c2cccc(N3CCCCC3)c2)ccc(C(=O)O)c1O. The van der Waals surface area contributed by atoms with Crippen molar-refractivity contribution in [1.29, 1.82) is 0 Å². The van der Waals surface area contributed by atoms with E-state index in [0.717, 1.165) is 31.6 Å². The molecule has 3 rings (SSSR count). The maximum atomic E-state index is 12.8. The molecular formula is C19H22N2O5S. The van der Waals surface area contributed by atoms with E-state index in [-0.39, 0.29) is 21.7 Å². The van der Waals surface area contributed by atoms with E-state index in [1.807, 2.05) is 6.07 Å². The lowest BCUT2D eigenvalue weighted by Crippen LogP contribution is -2.29. The molecule has 0 amide bonds. The summed E-state index contributed by atoms with van der Waals surface area (Å²) in [5, 5.41) is 19.1. The fourth-order valence-corrected chi connectivity index (χ4v) is 4.35. The number of benzene rings is 2. The monoisotopic (exact) mass is 390 g/mol. The number of carbonyl (C=O) groups is 1. The Morgan fingerprint density at radius 1 is 1.11 bits per heavy atom. The summed E-state index contributed by atoms with van der Waals surface area (Å²) in [5.74, 6) is -1.73. The number of hydrogen-bond donors (Lipinski definition) is 3. The predicted molar refractivity (Wildman–Crippen MR) is 103 cm³/mol. The molecule has 1 fully saturated rings. The van der Waals surface area contributed by atoms with Crippen LogP contribution in [0, 0.1) is 6.92 Å². The molecular weight excluding hydrogens is 368 g/mol. The van der Waals surface area contributed by atoms with Crippen LogP contribution in [0.25, 0.3) is 0 Å². The van der Waals surface area contributed by atoms with Crippen molar-refractivity contribution >= 4 is 27.4 Å². The van der Waals surface area contributed by atoms with Crippen LogP contribution in [0.1, 0.15) is 35.2 Å². The molecule has 0 aromatic heterocycles. The average molecular weight is 390 g/mol. The Morgan fingerprint density at radius 3 is 2.48 bits per heavy atom. The lowest BCUT2D eigenvalue weighted by Gasteiger charge is -2.29. The van der Waals surface area contributed by atoms with Crippen LogP contribution in [-0.4, -0.2) is 37.7 Å². The van der Waals surface area contributed by atoms with Crippen molar-refractivity contribution in [2.45, 2.75) is 31.1 Å². The lowest BCUT2D eigenvalue weighted by molar-refractivity contribution is 0.0693. The molecule has 3 N–H and O–H groups in total. The molecule has 0 saturated carbocycles. The van der Waals surface area contributed by atoms with E-state index in [0.29, 0.717) is 0 Å². The van der Waals surface area contributed by atoms with Gasteiger partial charge in [-0.05, 0) is 56.5 Å². The smallest absolute Gasteiger partial charge is 0.339 e. The summed E-state index contributed by atoms with van der Waals surface area (Å²) in [6.45, 7) is 3.27. The quantitative estimate of drug-likeness (QED) is 0.724. The predicted octanol–water partition coefficient (Wildman–Crippen LogP) is 3.19. The summed E-state index contributed by atoms with van der Waals surface area (Å²) in [4.78, 5) is 13.4. The Morgan fingerprint density at radius 2 is 1.81 bits per heavy atom. The van der Waals surface area contributed by atoms with Gasteiger partial charge in [-0.2, -0.15) is 0 Å². The van der Waals surface area contributed by atoms with Gasteiger partial charge in [0.25, 0.3) is 10.0 Å². The highest BCUT2D eigenvalue weighted by Gasteiger charge is 2.21. The number of aromatic carboxylic acids is 1. The number of aromatic hydroxyl groups is 1. The third-order valence-electron chi connectivity index (χ3n) is 4.75. The second kappa shape index (κ2) is 7.48. The van der Waals surface area contributed by atoms with Crippen LogP contribution >= 0.6 is 0 Å². The van der Waals surface area contributed by atoms with Gasteiger partial charge in [0.1, 0.15) is 11.3 Å². The molecule has 0 aliphatic carbocycles. The van der Waals surface area contributed by atoms with E-state index in [1.54, 1.807) is 12.1 Å². The molecule has 2 aromatic carbocycles. The number of carboxylic acids is 1. The van der Waals surface area contributed by atoms with E-state index < -0.39 is 21.7 Å². The van der Waals surface area contributed by atoms with Gasteiger partial charge in [0, 0.05) is 24.3 Å². The van der Waals surface area contributed by atoms with Crippen molar-refractivity contribution in [1.82, 2.24) is 0 Å². The van der Waals surface area contributed by atoms with E-state index in [9.17, 15) is 18.3 Å². The molecule has 27 heavy (non-hydrogen) atoms. The summed E-state index contributed by atoms with van der Waals surface area (Å²) in [5.41, 5.74) is 0.882. The molecule has 144 valence electrons. The number of anilines is 2. The zero-order valence-corrected chi connectivity index (χ0v) is 15.8. The number of phenols is 1. The topological polar surface area (TPSA) is 107 Å². The number of nitrogens with one attached hydrogen (secondary N) is 1. The van der Waals surface area contributed by atoms with Gasteiger partial charge in [0.2, 0.25) is 0 Å². The van der Waals surface area contributed by atoms with Gasteiger partial charge in [-0.1, -0.05) is 6.07 Å². The Labute approximate surface area is 158 Å². The minimum absolute atomic E-state index is 0.117. The average Bonchev–Trinajstić information content (AvgIpc) is 2.66. The first kappa shape index (κ1) is 19.0. The summed E-state index contributed by atoms with van der Waals surface area (Å²) in [7, 11) is -3.88. The van der Waals surface area contributed by atoms with Crippen LogP contribution in [0.15, 0.2) is 41.3 Å². The van der Waals surface area contributed by atoms with Crippen LogP contribution in [0.5, 0.6) is 5.75 Å². The van der Waals surface area contributed by atoms with Gasteiger partial charge in [0.05, 0.1) is 10.6 Å².